The number of carbonyl (C=O) groups excluding carboxylic acids is 1. The molecule has 15 nitrogen and oxygen atoms in total. The van der Waals surface area contributed by atoms with Crippen LogP contribution in [0.15, 0.2) is 79.9 Å². The number of aryl methyl sites for hydroxylation is 1. The van der Waals surface area contributed by atoms with Gasteiger partial charge in [-0.2, -0.15) is 13.5 Å². The molecule has 0 bridgehead atoms. The number of phenols is 1. The fourth-order valence-corrected chi connectivity index (χ4v) is 4.91. The third-order valence-corrected chi connectivity index (χ3v) is 7.18. The number of carbonyl (C=O) groups is 1. The van der Waals surface area contributed by atoms with Crippen LogP contribution < -0.4 is 19.5 Å². The Morgan fingerprint density at radius 2 is 1.54 bits per heavy atom. The summed E-state index contributed by atoms with van der Waals surface area (Å²) in [5.41, 5.74) is 1.20. The quantitative estimate of drug-likeness (QED) is 0.0882. The number of anilines is 1. The highest BCUT2D eigenvalue weighted by atomic mass is 32.2. The predicted molar refractivity (Wildman–Crippen MR) is 167 cm³/mol. The number of nitrogens with zero attached hydrogens (tertiary/aromatic N) is 4. The van der Waals surface area contributed by atoms with E-state index in [1.54, 1.807) is 25.1 Å². The number of methoxy groups -OCH3 is 1. The molecule has 0 fully saturated rings. The number of nitrogens with one attached hydrogen (secondary N) is 1. The van der Waals surface area contributed by atoms with Crippen molar-refractivity contribution in [1.82, 2.24) is 0 Å². The molecule has 0 saturated carbocycles. The Morgan fingerprint density at radius 1 is 0.848 bits per heavy atom. The van der Waals surface area contributed by atoms with Gasteiger partial charge in [-0.3, -0.25) is 9.35 Å². The van der Waals surface area contributed by atoms with Gasteiger partial charge in [0.15, 0.2) is 5.75 Å². The Morgan fingerprint density at radius 3 is 2.22 bits per heavy atom. The van der Waals surface area contributed by atoms with Crippen molar-refractivity contribution in [1.29, 1.82) is 0 Å². The normalized spacial score (nSPS) is 11.8. The summed E-state index contributed by atoms with van der Waals surface area (Å²) in [6, 6.07) is 13.4. The third kappa shape index (κ3) is 8.10. The minimum atomic E-state index is -4.90. The van der Waals surface area contributed by atoms with Crippen LogP contribution in [0.25, 0.3) is 10.8 Å². The molecular weight excluding hydrogens is 622 g/mol. The van der Waals surface area contributed by atoms with Gasteiger partial charge in [0.05, 0.1) is 26.0 Å². The second kappa shape index (κ2) is 14.7. The van der Waals surface area contributed by atoms with E-state index < -0.39 is 26.5 Å². The maximum atomic E-state index is 12.3. The van der Waals surface area contributed by atoms with Gasteiger partial charge in [-0.15, -0.1) is 15.3 Å². The predicted octanol–water partition coefficient (Wildman–Crippen LogP) is 5.64. The molecule has 242 valence electrons. The molecule has 0 radical (unpaired) electrons. The molecular formula is C30H31N5O10S. The second-order valence-corrected chi connectivity index (χ2v) is 11.0. The summed E-state index contributed by atoms with van der Waals surface area (Å²) >= 11 is 0. The largest absolute Gasteiger partial charge is 0.505 e. The van der Waals surface area contributed by atoms with Crippen molar-refractivity contribution in [3.05, 3.63) is 60.2 Å². The van der Waals surface area contributed by atoms with Gasteiger partial charge in [-0.1, -0.05) is 0 Å². The van der Waals surface area contributed by atoms with Crippen LogP contribution in [0.1, 0.15) is 12.5 Å². The molecule has 0 aromatic heterocycles. The zero-order chi connectivity index (χ0) is 33.4. The number of amides is 1. The van der Waals surface area contributed by atoms with Crippen LogP contribution in [0.5, 0.6) is 23.0 Å². The fourth-order valence-electron chi connectivity index (χ4n) is 4.25. The van der Waals surface area contributed by atoms with Gasteiger partial charge in [0.1, 0.15) is 52.4 Å². The van der Waals surface area contributed by atoms with Gasteiger partial charge in [0.25, 0.3) is 10.1 Å². The van der Waals surface area contributed by atoms with Crippen molar-refractivity contribution < 1.29 is 47.3 Å². The molecule has 0 atom stereocenters. The number of hydrogen-bond donors (Lipinski definition) is 5. The van der Waals surface area contributed by atoms with Crippen molar-refractivity contribution in [3.63, 3.8) is 0 Å². The lowest BCUT2D eigenvalue weighted by molar-refractivity contribution is -0.114. The first kappa shape index (κ1) is 33.7. The van der Waals surface area contributed by atoms with Crippen LogP contribution in [-0.2, 0) is 14.9 Å². The number of aliphatic hydroxyl groups is 2. The first-order chi connectivity index (χ1) is 21.9. The molecule has 0 saturated heterocycles. The van der Waals surface area contributed by atoms with Crippen LogP contribution in [-0.4, -0.2) is 67.7 Å². The van der Waals surface area contributed by atoms with Crippen LogP contribution >= 0.6 is 0 Å². The van der Waals surface area contributed by atoms with E-state index in [0.717, 1.165) is 6.07 Å². The van der Waals surface area contributed by atoms with Crippen molar-refractivity contribution in [2.24, 2.45) is 20.5 Å². The summed E-state index contributed by atoms with van der Waals surface area (Å²) in [5, 5.41) is 48.9. The summed E-state index contributed by atoms with van der Waals surface area (Å²) in [5.74, 6) is 0.00963. The first-order valence-corrected chi connectivity index (χ1v) is 15.1. The van der Waals surface area contributed by atoms with E-state index in [1.165, 1.54) is 44.4 Å². The average Bonchev–Trinajstić information content (AvgIpc) is 3.01. The number of benzene rings is 4. The highest BCUT2D eigenvalue weighted by Crippen LogP contribution is 2.44. The Balaban J connectivity index is 1.75. The van der Waals surface area contributed by atoms with E-state index in [1.807, 2.05) is 0 Å². The molecule has 0 aliphatic carbocycles. The summed E-state index contributed by atoms with van der Waals surface area (Å²) in [7, 11) is -3.44. The molecule has 16 heteroatoms. The van der Waals surface area contributed by atoms with Gasteiger partial charge in [-0.05, 0) is 60.3 Å². The van der Waals surface area contributed by atoms with Gasteiger partial charge >= 0.3 is 0 Å². The van der Waals surface area contributed by atoms with E-state index in [-0.39, 0.29) is 54.5 Å². The molecule has 46 heavy (non-hydrogen) atoms. The maximum absolute atomic E-state index is 12.3. The van der Waals surface area contributed by atoms with Gasteiger partial charge < -0.3 is 34.8 Å². The number of ether oxygens (including phenoxy) is 3. The SMILES string of the molecule is COc1cc(OCCO)ccc1N=Nc1cc(OCCO)c(N=Nc2c(S(=O)(=O)O)cc3cc(NC(C)=O)ccc3c2O)cc1C. The van der Waals surface area contributed by atoms with Gasteiger partial charge in [-0.25, -0.2) is 0 Å². The summed E-state index contributed by atoms with van der Waals surface area (Å²) in [6.07, 6.45) is 0. The molecule has 1 amide bonds. The Bertz CT molecular complexity index is 1930. The molecule has 4 aromatic rings. The van der Waals surface area contributed by atoms with Gasteiger partial charge in [0.2, 0.25) is 5.91 Å². The van der Waals surface area contributed by atoms with E-state index in [4.69, 9.17) is 19.3 Å². The minimum Gasteiger partial charge on any atom is -0.505 e. The standard InChI is InChI=1S/C30H31N5O10S/c1-17-12-25(27(45-11-9-37)16-24(17)33-32-23-7-5-21(44-10-8-36)15-26(23)43-3)34-35-29-28(46(40,41)42)14-19-13-20(31-18(2)38)4-6-22(19)30(29)39/h4-7,12-16,36-37,39H,8-11H2,1-3H3,(H,31,38)(H,40,41,42). The Hall–Kier alpha value is -5.16. The number of phenolic OH excluding ortho intramolecular Hbond substituents is 1. The highest BCUT2D eigenvalue weighted by molar-refractivity contribution is 7.86. The molecule has 4 aromatic carbocycles. The van der Waals surface area contributed by atoms with Crippen molar-refractivity contribution in [3.8, 4) is 23.0 Å². The summed E-state index contributed by atoms with van der Waals surface area (Å²) in [4.78, 5) is 10.7. The third-order valence-electron chi connectivity index (χ3n) is 6.31. The maximum Gasteiger partial charge on any atom is 0.296 e. The van der Waals surface area contributed by atoms with Crippen LogP contribution in [0.4, 0.5) is 28.4 Å². The molecule has 0 aliphatic rings. The van der Waals surface area contributed by atoms with E-state index >= 15 is 0 Å². The van der Waals surface area contributed by atoms with Gasteiger partial charge in [0, 0.05) is 30.1 Å². The zero-order valence-corrected chi connectivity index (χ0v) is 25.8. The van der Waals surface area contributed by atoms with Crippen molar-refractivity contribution in [2.75, 3.05) is 38.9 Å². The molecule has 0 unspecified atom stereocenters. The lowest BCUT2D eigenvalue weighted by atomic mass is 10.1. The molecule has 0 spiro atoms. The number of aromatic hydroxyl groups is 1. The highest BCUT2D eigenvalue weighted by Gasteiger charge is 2.22. The molecule has 0 heterocycles. The van der Waals surface area contributed by atoms with Crippen LogP contribution in [0.3, 0.4) is 0 Å². The van der Waals surface area contributed by atoms with Crippen molar-refractivity contribution >= 4 is 55.2 Å². The zero-order valence-electron chi connectivity index (χ0n) is 25.0. The lowest BCUT2D eigenvalue weighted by Gasteiger charge is -2.12. The van der Waals surface area contributed by atoms with E-state index in [2.05, 4.69) is 25.8 Å². The molecule has 0 aliphatic heterocycles. The topological polar surface area (TPSA) is 221 Å². The summed E-state index contributed by atoms with van der Waals surface area (Å²) < 4.78 is 50.9. The average molecular weight is 654 g/mol. The fraction of sp³-hybridized carbons (Fsp3) is 0.233. The number of fused-ring (bicyclic) bond motifs is 1. The van der Waals surface area contributed by atoms with E-state index in [0.29, 0.717) is 34.1 Å². The van der Waals surface area contributed by atoms with E-state index in [9.17, 15) is 28.0 Å². The van der Waals surface area contributed by atoms with Crippen LogP contribution in [0.2, 0.25) is 0 Å². The van der Waals surface area contributed by atoms with Crippen molar-refractivity contribution in [2.45, 2.75) is 18.7 Å². The molecule has 5 N–H and O–H groups in total. The summed E-state index contributed by atoms with van der Waals surface area (Å²) in [6.45, 7) is 2.52. The number of aliphatic hydroxyl groups excluding tert-OH is 2. The number of rotatable bonds is 13. The number of azo groups is 2. The van der Waals surface area contributed by atoms with Crippen LogP contribution in [0, 0.1) is 6.92 Å². The second-order valence-electron chi connectivity index (χ2n) is 9.65. The number of hydrogen-bond acceptors (Lipinski definition) is 13. The first-order valence-electron chi connectivity index (χ1n) is 13.6. The lowest BCUT2D eigenvalue weighted by Crippen LogP contribution is -2.05. The minimum absolute atomic E-state index is 0.0923. The smallest absolute Gasteiger partial charge is 0.296 e. The monoisotopic (exact) mass is 653 g/mol. The Kier molecular flexibility index (Phi) is 10.8. The Labute approximate surface area is 263 Å². The molecule has 4 rings (SSSR count).